The molecule has 8 nitrogen and oxygen atoms in total. The molecule has 162 valence electrons. The minimum absolute atomic E-state index is 0.0343. The standard InChI is InChI=1S/C16H20F3N3O5S2/c1-14(2,3)26-13(23)22-8-10-9(7-15(22)5-6-15)11(21-12(20-10)28-4)27-29(24,25)16(17,18)19/h5-8H2,1-4H3. The number of carbonyl (C=O) groups is 1. The third-order valence-corrected chi connectivity index (χ3v) is 6.01. The molecule has 3 rings (SSSR count). The van der Waals surface area contributed by atoms with Gasteiger partial charge in [-0.3, -0.25) is 4.90 Å². The highest BCUT2D eigenvalue weighted by Crippen LogP contribution is 2.50. The lowest BCUT2D eigenvalue weighted by atomic mass is 9.96. The number of rotatable bonds is 3. The molecule has 1 aliphatic heterocycles. The van der Waals surface area contributed by atoms with Crippen LogP contribution in [-0.4, -0.2) is 52.3 Å². The zero-order valence-electron chi connectivity index (χ0n) is 16.2. The molecule has 13 heteroatoms. The number of ether oxygens (including phenoxy) is 1. The highest BCUT2D eigenvalue weighted by Gasteiger charge is 2.56. The Morgan fingerprint density at radius 2 is 1.83 bits per heavy atom. The van der Waals surface area contributed by atoms with Crippen molar-refractivity contribution in [1.82, 2.24) is 14.9 Å². The monoisotopic (exact) mass is 455 g/mol. The molecule has 2 aliphatic rings. The van der Waals surface area contributed by atoms with Crippen molar-refractivity contribution in [2.24, 2.45) is 0 Å². The second-order valence-corrected chi connectivity index (χ2v) is 10.2. The molecule has 0 bridgehead atoms. The summed E-state index contributed by atoms with van der Waals surface area (Å²) in [7, 11) is -5.88. The number of fused-ring (bicyclic) bond motifs is 1. The van der Waals surface area contributed by atoms with Crippen LogP contribution in [0.5, 0.6) is 5.88 Å². The van der Waals surface area contributed by atoms with Crippen LogP contribution in [0.15, 0.2) is 5.16 Å². The van der Waals surface area contributed by atoms with Crippen molar-refractivity contribution in [2.75, 3.05) is 6.26 Å². The Balaban J connectivity index is 2.00. The number of thioether (sulfide) groups is 1. The number of hydrogen-bond donors (Lipinski definition) is 0. The molecule has 2 heterocycles. The van der Waals surface area contributed by atoms with Crippen molar-refractivity contribution >= 4 is 28.0 Å². The Hall–Kier alpha value is -1.76. The summed E-state index contributed by atoms with van der Waals surface area (Å²) in [6, 6.07) is 0. The van der Waals surface area contributed by atoms with Crippen molar-refractivity contribution in [1.29, 1.82) is 0 Å². The summed E-state index contributed by atoms with van der Waals surface area (Å²) in [4.78, 5) is 22.3. The van der Waals surface area contributed by atoms with Crippen LogP contribution in [-0.2, 0) is 27.8 Å². The maximum absolute atomic E-state index is 12.8. The molecule has 0 unspecified atom stereocenters. The van der Waals surface area contributed by atoms with Gasteiger partial charge in [-0.05, 0) is 39.9 Å². The highest BCUT2D eigenvalue weighted by molar-refractivity contribution is 7.98. The first-order chi connectivity index (χ1) is 13.2. The molecule has 0 N–H and O–H groups in total. The molecule has 29 heavy (non-hydrogen) atoms. The second kappa shape index (κ2) is 6.89. The second-order valence-electron chi connectivity index (χ2n) is 7.89. The zero-order valence-corrected chi connectivity index (χ0v) is 17.8. The van der Waals surface area contributed by atoms with E-state index in [1.54, 1.807) is 27.0 Å². The Bertz CT molecular complexity index is 940. The predicted octanol–water partition coefficient (Wildman–Crippen LogP) is 3.25. The Labute approximate surface area is 170 Å². The molecular weight excluding hydrogens is 435 g/mol. The summed E-state index contributed by atoms with van der Waals surface area (Å²) in [5.41, 5.74) is -6.58. The minimum Gasteiger partial charge on any atom is -0.444 e. The Morgan fingerprint density at radius 3 is 2.31 bits per heavy atom. The lowest BCUT2D eigenvalue weighted by Crippen LogP contribution is -2.48. The first-order valence-corrected chi connectivity index (χ1v) is 11.3. The summed E-state index contributed by atoms with van der Waals surface area (Å²) in [6.45, 7) is 5.14. The topological polar surface area (TPSA) is 98.7 Å². The third kappa shape index (κ3) is 4.39. The molecule has 1 saturated carbocycles. The van der Waals surface area contributed by atoms with E-state index in [2.05, 4.69) is 14.2 Å². The van der Waals surface area contributed by atoms with Crippen LogP contribution in [0, 0.1) is 0 Å². The van der Waals surface area contributed by atoms with E-state index >= 15 is 0 Å². The molecular formula is C16H20F3N3O5S2. The van der Waals surface area contributed by atoms with Gasteiger partial charge in [0.2, 0.25) is 5.88 Å². The first kappa shape index (κ1) is 21.9. The first-order valence-electron chi connectivity index (χ1n) is 8.63. The average Bonchev–Trinajstić information content (AvgIpc) is 3.31. The summed E-state index contributed by atoms with van der Waals surface area (Å²) < 4.78 is 71.2. The number of hydrogen-bond acceptors (Lipinski definition) is 8. The number of alkyl halides is 3. The van der Waals surface area contributed by atoms with Crippen LogP contribution < -0.4 is 4.18 Å². The summed E-state index contributed by atoms with van der Waals surface area (Å²) in [5, 5.41) is 0.0343. The molecule has 1 aromatic rings. The lowest BCUT2D eigenvalue weighted by Gasteiger charge is -2.38. The molecule has 1 amide bonds. The lowest BCUT2D eigenvalue weighted by molar-refractivity contribution is -0.0502. The van der Waals surface area contributed by atoms with Gasteiger partial charge in [-0.15, -0.1) is 0 Å². The molecule has 1 aromatic heterocycles. The van der Waals surface area contributed by atoms with Crippen LogP contribution in [0.25, 0.3) is 0 Å². The number of amides is 1. The fourth-order valence-corrected chi connectivity index (χ4v) is 3.83. The number of halogens is 3. The van der Waals surface area contributed by atoms with Gasteiger partial charge in [-0.2, -0.15) is 26.6 Å². The van der Waals surface area contributed by atoms with E-state index in [0.29, 0.717) is 12.8 Å². The van der Waals surface area contributed by atoms with Gasteiger partial charge >= 0.3 is 21.7 Å². The average molecular weight is 455 g/mol. The number of nitrogens with zero attached hydrogens (tertiary/aromatic N) is 3. The molecule has 0 radical (unpaired) electrons. The smallest absolute Gasteiger partial charge is 0.444 e. The van der Waals surface area contributed by atoms with E-state index in [1.165, 1.54) is 4.90 Å². The Morgan fingerprint density at radius 1 is 1.21 bits per heavy atom. The van der Waals surface area contributed by atoms with Gasteiger partial charge in [0.25, 0.3) is 0 Å². The van der Waals surface area contributed by atoms with Crippen LogP contribution in [0.3, 0.4) is 0 Å². The SMILES string of the molecule is CSc1nc2c(c(OS(=O)(=O)C(F)(F)F)n1)CC1(CC1)N(C(=O)OC(C)(C)C)C2. The van der Waals surface area contributed by atoms with Gasteiger partial charge < -0.3 is 8.92 Å². The van der Waals surface area contributed by atoms with Crippen molar-refractivity contribution in [3.05, 3.63) is 11.3 Å². The fraction of sp³-hybridized carbons (Fsp3) is 0.688. The van der Waals surface area contributed by atoms with Crippen LogP contribution in [0.1, 0.15) is 44.9 Å². The van der Waals surface area contributed by atoms with Gasteiger partial charge in [-0.25, -0.2) is 9.78 Å². The van der Waals surface area contributed by atoms with Crippen molar-refractivity contribution < 1.29 is 35.3 Å². The van der Waals surface area contributed by atoms with Crippen LogP contribution >= 0.6 is 11.8 Å². The maximum Gasteiger partial charge on any atom is 0.534 e. The van der Waals surface area contributed by atoms with E-state index in [4.69, 9.17) is 4.74 Å². The largest absolute Gasteiger partial charge is 0.534 e. The van der Waals surface area contributed by atoms with Crippen molar-refractivity contribution in [3.8, 4) is 5.88 Å². The van der Waals surface area contributed by atoms with Crippen LogP contribution in [0.2, 0.25) is 0 Å². The van der Waals surface area contributed by atoms with E-state index in [1.807, 2.05) is 0 Å². The predicted molar refractivity (Wildman–Crippen MR) is 96.9 cm³/mol. The summed E-state index contributed by atoms with van der Waals surface area (Å²) in [5.74, 6) is -0.646. The maximum atomic E-state index is 12.8. The van der Waals surface area contributed by atoms with Gasteiger partial charge in [-0.1, -0.05) is 11.8 Å². The van der Waals surface area contributed by atoms with E-state index < -0.39 is 38.7 Å². The van der Waals surface area contributed by atoms with E-state index in [9.17, 15) is 26.4 Å². The summed E-state index contributed by atoms with van der Waals surface area (Å²) >= 11 is 1.01. The minimum atomic E-state index is -5.88. The molecule has 0 atom stereocenters. The molecule has 0 aromatic carbocycles. The molecule has 0 saturated heterocycles. The van der Waals surface area contributed by atoms with Gasteiger partial charge in [0.15, 0.2) is 5.16 Å². The fourth-order valence-electron chi connectivity index (χ4n) is 3.01. The quantitative estimate of drug-likeness (QED) is 0.296. The van der Waals surface area contributed by atoms with Gasteiger partial charge in [0, 0.05) is 12.0 Å². The number of aromatic nitrogens is 2. The van der Waals surface area contributed by atoms with Crippen molar-refractivity contribution in [2.45, 2.75) is 68.4 Å². The summed E-state index contributed by atoms with van der Waals surface area (Å²) in [6.07, 6.45) is 2.30. The Kier molecular flexibility index (Phi) is 5.22. The molecule has 1 aliphatic carbocycles. The van der Waals surface area contributed by atoms with Crippen molar-refractivity contribution in [3.63, 3.8) is 0 Å². The number of carbonyl (C=O) groups excluding carboxylic acids is 1. The zero-order chi connectivity index (χ0) is 21.8. The van der Waals surface area contributed by atoms with Crippen LogP contribution in [0.4, 0.5) is 18.0 Å². The van der Waals surface area contributed by atoms with E-state index in [-0.39, 0.29) is 29.4 Å². The highest BCUT2D eigenvalue weighted by atomic mass is 32.2. The molecule has 1 spiro atoms. The van der Waals surface area contributed by atoms with E-state index in [0.717, 1.165) is 11.8 Å². The normalized spacial score (nSPS) is 18.4. The third-order valence-electron chi connectivity index (χ3n) is 4.52. The van der Waals surface area contributed by atoms with Gasteiger partial charge in [0.1, 0.15) is 5.60 Å². The molecule has 1 fully saturated rings. The van der Waals surface area contributed by atoms with Gasteiger partial charge in [0.05, 0.1) is 17.8 Å².